The van der Waals surface area contributed by atoms with E-state index in [9.17, 15) is 4.79 Å². The second kappa shape index (κ2) is 7.03. The molecule has 0 saturated heterocycles. The first kappa shape index (κ1) is 16.6. The maximum absolute atomic E-state index is 13.1. The fourth-order valence-corrected chi connectivity index (χ4v) is 3.38. The Hall–Kier alpha value is -0.720. The van der Waals surface area contributed by atoms with Gasteiger partial charge in [0.2, 0.25) is 5.78 Å². The van der Waals surface area contributed by atoms with Gasteiger partial charge in [-0.25, -0.2) is 0 Å². The van der Waals surface area contributed by atoms with Gasteiger partial charge in [0.25, 0.3) is 0 Å². The largest absolute Gasteiger partial charge is 0.383 e. The molecule has 5 nitrogen and oxygen atoms in total. The molecule has 1 heterocycles. The van der Waals surface area contributed by atoms with E-state index in [0.717, 1.165) is 30.2 Å². The van der Waals surface area contributed by atoms with Crippen LogP contribution in [0.5, 0.6) is 0 Å². The van der Waals surface area contributed by atoms with Gasteiger partial charge in [0.1, 0.15) is 11.3 Å². The third-order valence-corrected chi connectivity index (χ3v) is 4.98. The molecule has 0 amide bonds. The minimum Gasteiger partial charge on any atom is -0.383 e. The average molecular weight is 359 g/mol. The Morgan fingerprint density at radius 2 is 2.14 bits per heavy atom. The van der Waals surface area contributed by atoms with Crippen molar-refractivity contribution in [3.8, 4) is 0 Å². The van der Waals surface area contributed by atoms with Gasteiger partial charge >= 0.3 is 0 Å². The van der Waals surface area contributed by atoms with E-state index in [1.165, 1.54) is 0 Å². The molecule has 1 saturated carbocycles. The minimum absolute atomic E-state index is 0.0254. The Balaban J connectivity index is 2.27. The van der Waals surface area contributed by atoms with Crippen LogP contribution in [0.4, 0.5) is 0 Å². The molecule has 1 aliphatic carbocycles. The van der Waals surface area contributed by atoms with E-state index in [1.54, 1.807) is 25.1 Å². The Labute approximate surface area is 134 Å². The summed E-state index contributed by atoms with van der Waals surface area (Å²) in [7, 11) is 3.27. The predicted octanol–water partition coefficient (Wildman–Crippen LogP) is 3.07. The molecule has 1 aromatic rings. The molecular weight excluding hydrogens is 336 g/mol. The van der Waals surface area contributed by atoms with Gasteiger partial charge in [0, 0.05) is 14.2 Å². The molecule has 1 aromatic heterocycles. The van der Waals surface area contributed by atoms with Crippen molar-refractivity contribution in [1.29, 1.82) is 0 Å². The molecule has 0 bridgehead atoms. The van der Waals surface area contributed by atoms with E-state index in [2.05, 4.69) is 28.0 Å². The Morgan fingerprint density at radius 1 is 1.48 bits per heavy atom. The van der Waals surface area contributed by atoms with Gasteiger partial charge in [0.05, 0.1) is 23.8 Å². The summed E-state index contributed by atoms with van der Waals surface area (Å²) in [5, 5.41) is 4.26. The highest BCUT2D eigenvalue weighted by Crippen LogP contribution is 2.38. The summed E-state index contributed by atoms with van der Waals surface area (Å²) in [6.45, 7) is 3.30. The van der Waals surface area contributed by atoms with Gasteiger partial charge in [0.15, 0.2) is 0 Å². The molecule has 0 radical (unpaired) electrons. The monoisotopic (exact) mass is 358 g/mol. The van der Waals surface area contributed by atoms with Crippen molar-refractivity contribution in [1.82, 2.24) is 9.78 Å². The second-order valence-corrected chi connectivity index (χ2v) is 6.62. The molecule has 118 valence electrons. The number of carbonyl (C=O) groups is 1. The number of ketones is 1. The van der Waals surface area contributed by atoms with E-state index in [1.807, 2.05) is 0 Å². The van der Waals surface area contributed by atoms with Crippen molar-refractivity contribution in [3.05, 3.63) is 16.4 Å². The summed E-state index contributed by atoms with van der Waals surface area (Å²) in [5.74, 6) is 0.681. The molecule has 0 aromatic carbocycles. The molecule has 0 atom stereocenters. The SMILES string of the molecule is COCCn1ncc(Br)c1C(=O)C1(OC)CCC(C)CC1. The first-order valence-electron chi connectivity index (χ1n) is 7.34. The smallest absolute Gasteiger partial charge is 0.213 e. The lowest BCUT2D eigenvalue weighted by molar-refractivity contribution is -0.0271. The van der Waals surface area contributed by atoms with E-state index in [0.29, 0.717) is 24.8 Å². The Bertz CT molecular complexity index is 493. The number of Topliss-reactive ketones (excluding diaryl/α,β-unsaturated/α-hetero) is 1. The van der Waals surface area contributed by atoms with Gasteiger partial charge in [-0.15, -0.1) is 0 Å². The Morgan fingerprint density at radius 3 is 2.71 bits per heavy atom. The minimum atomic E-state index is -0.708. The summed E-state index contributed by atoms with van der Waals surface area (Å²) >= 11 is 3.44. The molecular formula is C15H23BrN2O3. The molecule has 0 aliphatic heterocycles. The van der Waals surface area contributed by atoms with Crippen molar-refractivity contribution < 1.29 is 14.3 Å². The van der Waals surface area contributed by atoms with Gasteiger partial charge in [-0.2, -0.15) is 5.10 Å². The highest BCUT2D eigenvalue weighted by Gasteiger charge is 2.43. The van der Waals surface area contributed by atoms with Crippen LogP contribution < -0.4 is 0 Å². The number of methoxy groups -OCH3 is 2. The number of hydrogen-bond acceptors (Lipinski definition) is 4. The molecule has 2 rings (SSSR count). The molecule has 1 fully saturated rings. The number of nitrogens with zero attached hydrogens (tertiary/aromatic N) is 2. The summed E-state index contributed by atoms with van der Waals surface area (Å²) < 4.78 is 13.2. The standard InChI is InChI=1S/C15H23BrN2O3/c1-11-4-6-15(21-3,7-5-11)14(19)13-12(16)10-17-18(13)8-9-20-2/h10-11H,4-9H2,1-3H3. The van der Waals surface area contributed by atoms with Crippen molar-refractivity contribution >= 4 is 21.7 Å². The van der Waals surface area contributed by atoms with Crippen LogP contribution in [0.3, 0.4) is 0 Å². The summed E-state index contributed by atoms with van der Waals surface area (Å²) in [6, 6.07) is 0. The Kier molecular flexibility index (Phi) is 5.57. The molecule has 0 N–H and O–H groups in total. The summed E-state index contributed by atoms with van der Waals surface area (Å²) in [4.78, 5) is 13.1. The number of carbonyl (C=O) groups excluding carboxylic acids is 1. The van der Waals surface area contributed by atoms with Crippen LogP contribution in [0.1, 0.15) is 43.1 Å². The van der Waals surface area contributed by atoms with Gasteiger partial charge < -0.3 is 9.47 Å². The number of rotatable bonds is 6. The zero-order valence-electron chi connectivity index (χ0n) is 12.9. The predicted molar refractivity (Wildman–Crippen MR) is 83.5 cm³/mol. The quantitative estimate of drug-likeness (QED) is 0.733. The highest BCUT2D eigenvalue weighted by molar-refractivity contribution is 9.10. The third-order valence-electron chi connectivity index (χ3n) is 4.40. The zero-order valence-corrected chi connectivity index (χ0v) is 14.5. The van der Waals surface area contributed by atoms with Crippen molar-refractivity contribution in [2.24, 2.45) is 5.92 Å². The number of hydrogen-bond donors (Lipinski definition) is 0. The third kappa shape index (κ3) is 3.38. The maximum Gasteiger partial charge on any atom is 0.213 e. The van der Waals surface area contributed by atoms with Crippen LogP contribution in [0.2, 0.25) is 0 Å². The number of halogens is 1. The molecule has 0 unspecified atom stereocenters. The van der Waals surface area contributed by atoms with Crippen molar-refractivity contribution in [2.45, 2.75) is 44.8 Å². The van der Waals surface area contributed by atoms with Crippen molar-refractivity contribution in [2.75, 3.05) is 20.8 Å². The van der Waals surface area contributed by atoms with Crippen LogP contribution in [0.25, 0.3) is 0 Å². The molecule has 0 spiro atoms. The summed E-state index contributed by atoms with van der Waals surface area (Å²) in [5.41, 5.74) is -0.122. The van der Waals surface area contributed by atoms with Crippen molar-refractivity contribution in [3.63, 3.8) is 0 Å². The fourth-order valence-electron chi connectivity index (χ4n) is 2.90. The maximum atomic E-state index is 13.1. The van der Waals surface area contributed by atoms with Crippen LogP contribution >= 0.6 is 15.9 Å². The van der Waals surface area contributed by atoms with Gasteiger partial charge in [-0.05, 0) is 47.5 Å². The zero-order chi connectivity index (χ0) is 15.5. The first-order valence-corrected chi connectivity index (χ1v) is 8.13. The average Bonchev–Trinajstić information content (AvgIpc) is 2.86. The summed E-state index contributed by atoms with van der Waals surface area (Å²) in [6.07, 6.45) is 5.24. The topological polar surface area (TPSA) is 53.4 Å². The van der Waals surface area contributed by atoms with E-state index >= 15 is 0 Å². The van der Waals surface area contributed by atoms with E-state index < -0.39 is 5.60 Å². The molecule has 21 heavy (non-hydrogen) atoms. The normalized spacial score (nSPS) is 26.0. The second-order valence-electron chi connectivity index (χ2n) is 5.77. The number of aromatic nitrogens is 2. The van der Waals surface area contributed by atoms with Crippen LogP contribution in [0.15, 0.2) is 10.7 Å². The lowest BCUT2D eigenvalue weighted by atomic mass is 9.76. The molecule has 1 aliphatic rings. The number of ether oxygens (including phenoxy) is 2. The fraction of sp³-hybridized carbons (Fsp3) is 0.733. The van der Waals surface area contributed by atoms with E-state index in [4.69, 9.17) is 9.47 Å². The molecule has 6 heteroatoms. The van der Waals surface area contributed by atoms with E-state index in [-0.39, 0.29) is 5.78 Å². The van der Waals surface area contributed by atoms with Crippen LogP contribution in [-0.4, -0.2) is 42.0 Å². The lowest BCUT2D eigenvalue weighted by Gasteiger charge is -2.37. The van der Waals surface area contributed by atoms with Gasteiger partial charge in [-0.3, -0.25) is 9.48 Å². The lowest BCUT2D eigenvalue weighted by Crippen LogP contribution is -2.45. The first-order chi connectivity index (χ1) is 10.0. The van der Waals surface area contributed by atoms with Crippen LogP contribution in [-0.2, 0) is 16.0 Å². The highest BCUT2D eigenvalue weighted by atomic mass is 79.9. The van der Waals surface area contributed by atoms with Crippen LogP contribution in [0, 0.1) is 5.92 Å². The van der Waals surface area contributed by atoms with Gasteiger partial charge in [-0.1, -0.05) is 6.92 Å².